The van der Waals surface area contributed by atoms with E-state index in [0.29, 0.717) is 18.8 Å². The van der Waals surface area contributed by atoms with Crippen molar-refractivity contribution < 1.29 is 57.5 Å². The number of amides is 1. The molecule has 1 amide bonds. The molecule has 0 spiro atoms. The lowest BCUT2D eigenvalue weighted by molar-refractivity contribution is -0.147. The molecule has 1 saturated heterocycles. The molecule has 2 heterocycles. The number of aliphatic hydroxyl groups excluding tert-OH is 2. The number of carbonyl (C=O) groups is 3. The fraction of sp³-hybridized carbons (Fsp3) is 0.600. The second kappa shape index (κ2) is 17.6. The van der Waals surface area contributed by atoms with Crippen LogP contribution in [0.2, 0.25) is 0 Å². The molecular weight excluding hydrogens is 639 g/mol. The van der Waals surface area contributed by atoms with E-state index < -0.39 is 74.4 Å². The number of benzene rings is 1. The highest BCUT2D eigenvalue weighted by Gasteiger charge is 2.46. The Morgan fingerprint density at radius 2 is 1.66 bits per heavy atom. The van der Waals surface area contributed by atoms with Crippen molar-refractivity contribution >= 4 is 25.6 Å². The Hall–Kier alpha value is -3.53. The zero-order chi connectivity index (χ0) is 34.7. The van der Waals surface area contributed by atoms with Crippen molar-refractivity contribution in [3.05, 3.63) is 42.4 Å². The molecule has 262 valence electrons. The van der Waals surface area contributed by atoms with Crippen LogP contribution in [0.3, 0.4) is 0 Å². The minimum absolute atomic E-state index is 0.0815. The topological polar surface area (TPSA) is 231 Å². The van der Waals surface area contributed by atoms with E-state index in [1.807, 2.05) is 27.7 Å². The highest BCUT2D eigenvalue weighted by Crippen LogP contribution is 2.46. The van der Waals surface area contributed by atoms with Crippen molar-refractivity contribution in [3.63, 3.8) is 0 Å². The zero-order valence-electron chi connectivity index (χ0n) is 26.9. The van der Waals surface area contributed by atoms with E-state index >= 15 is 0 Å². The molecule has 0 radical (unpaired) electrons. The number of imidazole rings is 1. The Kier molecular flexibility index (Phi) is 14.2. The number of primary amides is 1. The van der Waals surface area contributed by atoms with Gasteiger partial charge in [-0.3, -0.25) is 23.5 Å². The van der Waals surface area contributed by atoms with Gasteiger partial charge in [0.25, 0.3) is 5.91 Å². The molecule has 1 aliphatic heterocycles. The van der Waals surface area contributed by atoms with Gasteiger partial charge < -0.3 is 39.8 Å². The Bertz CT molecular complexity index is 1370. The van der Waals surface area contributed by atoms with Gasteiger partial charge in [-0.05, 0) is 43.2 Å². The molecule has 1 unspecified atom stereocenters. The Morgan fingerprint density at radius 3 is 2.26 bits per heavy atom. The fourth-order valence-electron chi connectivity index (χ4n) is 4.36. The fourth-order valence-corrected chi connectivity index (χ4v) is 5.90. The standard InChI is InChI=1S/C30H45N4O12P/c1-18(2)12-14-42-23(35)11-10-21(30(40)43-15-13-19(3)4)33-47(41,46-20-8-6-5-7-9-20)44-16-22-25(36)26(37)29(45-22)34-17-32-24(27(31)38)28(34)39/h5-9,17-19,21-22,25-26,29,36-37,39H,10-16H2,1-4H3,(H2,31,38)(H,33,41)/t21-,22+,25+,26+,29+,47?/m0/s1. The van der Waals surface area contributed by atoms with Gasteiger partial charge in [-0.15, -0.1) is 0 Å². The van der Waals surface area contributed by atoms with Crippen LogP contribution in [0.15, 0.2) is 36.7 Å². The number of aromatic hydroxyl groups is 1. The molecule has 0 bridgehead atoms. The highest BCUT2D eigenvalue weighted by molar-refractivity contribution is 7.52. The SMILES string of the molecule is CC(C)CCOC(=O)CC[C@H](NP(=O)(OC[C@H]1O[C@@H](n2cnc(C(N)=O)c2O)[C@H](O)[C@@H]1O)Oc1ccccc1)C(=O)OCCC(C)C. The minimum Gasteiger partial charge on any atom is -0.493 e. The molecule has 1 aliphatic rings. The van der Waals surface area contributed by atoms with Gasteiger partial charge in [0.2, 0.25) is 5.88 Å². The molecule has 2 aromatic rings. The molecule has 1 aromatic heterocycles. The van der Waals surface area contributed by atoms with Crippen LogP contribution in [0, 0.1) is 11.8 Å². The molecule has 0 saturated carbocycles. The summed E-state index contributed by atoms with van der Waals surface area (Å²) in [4.78, 5) is 40.8. The molecule has 47 heavy (non-hydrogen) atoms. The number of hydrogen-bond acceptors (Lipinski definition) is 13. The first-order valence-electron chi connectivity index (χ1n) is 15.4. The number of carbonyl (C=O) groups excluding carboxylic acids is 3. The average molecular weight is 685 g/mol. The number of nitrogens with one attached hydrogen (secondary N) is 1. The summed E-state index contributed by atoms with van der Waals surface area (Å²) in [7, 11) is -4.51. The number of rotatable bonds is 19. The highest BCUT2D eigenvalue weighted by atomic mass is 31.2. The molecule has 1 aromatic carbocycles. The van der Waals surface area contributed by atoms with Gasteiger partial charge in [-0.25, -0.2) is 9.55 Å². The molecule has 6 atom stereocenters. The van der Waals surface area contributed by atoms with Crippen molar-refractivity contribution in [2.45, 2.75) is 84.0 Å². The van der Waals surface area contributed by atoms with Gasteiger partial charge >= 0.3 is 19.7 Å². The van der Waals surface area contributed by atoms with Crippen LogP contribution >= 0.6 is 7.75 Å². The van der Waals surface area contributed by atoms with Crippen LogP contribution in [-0.4, -0.2) is 86.9 Å². The summed E-state index contributed by atoms with van der Waals surface area (Å²) in [6, 6.07) is 6.60. The normalized spacial score (nSPS) is 21.4. The third kappa shape index (κ3) is 11.3. The van der Waals surface area contributed by atoms with Crippen molar-refractivity contribution in [2.75, 3.05) is 19.8 Å². The van der Waals surface area contributed by atoms with E-state index in [-0.39, 0.29) is 37.7 Å². The lowest BCUT2D eigenvalue weighted by Gasteiger charge is -2.26. The second-order valence-electron chi connectivity index (χ2n) is 11.9. The van der Waals surface area contributed by atoms with Crippen molar-refractivity contribution in [1.29, 1.82) is 0 Å². The maximum Gasteiger partial charge on any atom is 0.459 e. The first-order chi connectivity index (χ1) is 22.2. The van der Waals surface area contributed by atoms with E-state index in [9.17, 15) is 34.3 Å². The van der Waals surface area contributed by atoms with E-state index in [1.165, 1.54) is 12.1 Å². The Balaban J connectivity index is 1.79. The summed E-state index contributed by atoms with van der Waals surface area (Å²) in [5.41, 5.74) is 4.71. The van der Waals surface area contributed by atoms with Crippen LogP contribution in [0.4, 0.5) is 0 Å². The third-order valence-corrected chi connectivity index (χ3v) is 8.69. The van der Waals surface area contributed by atoms with Crippen molar-refractivity contribution in [2.24, 2.45) is 17.6 Å². The van der Waals surface area contributed by atoms with Gasteiger partial charge in [0.1, 0.15) is 36.4 Å². The summed E-state index contributed by atoms with van der Waals surface area (Å²) in [5, 5.41) is 34.3. The lowest BCUT2D eigenvalue weighted by Crippen LogP contribution is -2.39. The first-order valence-corrected chi connectivity index (χ1v) is 16.9. The maximum absolute atomic E-state index is 14.2. The molecule has 3 rings (SSSR count). The van der Waals surface area contributed by atoms with Crippen LogP contribution in [0.5, 0.6) is 11.6 Å². The predicted octanol–water partition coefficient (Wildman–Crippen LogP) is 2.43. The number of hydrogen-bond donors (Lipinski definition) is 5. The van der Waals surface area contributed by atoms with Crippen LogP contribution in [0.25, 0.3) is 0 Å². The van der Waals surface area contributed by atoms with Crippen molar-refractivity contribution in [1.82, 2.24) is 14.6 Å². The number of esters is 2. The molecular formula is C30H45N4O12P. The number of aliphatic hydroxyl groups is 2. The Morgan fingerprint density at radius 1 is 1.02 bits per heavy atom. The van der Waals surface area contributed by atoms with Crippen molar-refractivity contribution in [3.8, 4) is 11.6 Å². The number of nitrogens with two attached hydrogens (primary N) is 1. The van der Waals surface area contributed by atoms with Crippen LogP contribution < -0.4 is 15.3 Å². The smallest absolute Gasteiger partial charge is 0.459 e. The first kappa shape index (κ1) is 37.9. The van der Waals surface area contributed by atoms with E-state index in [0.717, 1.165) is 10.9 Å². The number of ether oxygens (including phenoxy) is 3. The molecule has 0 aliphatic carbocycles. The molecule has 1 fully saturated rings. The third-order valence-electron chi connectivity index (χ3n) is 7.12. The van der Waals surface area contributed by atoms with E-state index in [2.05, 4.69) is 10.1 Å². The maximum atomic E-state index is 14.2. The van der Waals surface area contributed by atoms with Gasteiger partial charge in [-0.1, -0.05) is 45.9 Å². The molecule has 17 heteroatoms. The summed E-state index contributed by atoms with van der Waals surface area (Å²) in [6.07, 6.45) is -4.18. The quantitative estimate of drug-likeness (QED) is 0.106. The molecule has 16 nitrogen and oxygen atoms in total. The van der Waals surface area contributed by atoms with Gasteiger partial charge in [0.15, 0.2) is 11.9 Å². The predicted molar refractivity (Wildman–Crippen MR) is 166 cm³/mol. The monoisotopic (exact) mass is 684 g/mol. The second-order valence-corrected chi connectivity index (χ2v) is 13.6. The van der Waals surface area contributed by atoms with Crippen LogP contribution in [0.1, 0.15) is 70.1 Å². The molecule has 6 N–H and O–H groups in total. The van der Waals surface area contributed by atoms with E-state index in [4.69, 9.17) is 29.0 Å². The summed E-state index contributed by atoms with van der Waals surface area (Å²) in [5.74, 6) is -2.41. The van der Waals surface area contributed by atoms with Gasteiger partial charge in [0, 0.05) is 6.42 Å². The largest absolute Gasteiger partial charge is 0.493 e. The van der Waals surface area contributed by atoms with E-state index in [1.54, 1.807) is 18.2 Å². The Labute approximate surface area is 273 Å². The number of aromatic nitrogens is 2. The average Bonchev–Trinajstić information content (AvgIpc) is 3.52. The lowest BCUT2D eigenvalue weighted by atomic mass is 10.1. The van der Waals surface area contributed by atoms with Crippen LogP contribution in [-0.2, 0) is 32.9 Å². The number of nitrogens with zero attached hydrogens (tertiary/aromatic N) is 2. The van der Waals surface area contributed by atoms with Gasteiger partial charge in [-0.2, -0.15) is 5.09 Å². The summed E-state index contributed by atoms with van der Waals surface area (Å²) in [6.45, 7) is 7.54. The minimum atomic E-state index is -4.51. The van der Waals surface area contributed by atoms with Gasteiger partial charge in [0.05, 0.1) is 19.8 Å². The summed E-state index contributed by atoms with van der Waals surface area (Å²) >= 11 is 0. The number of para-hydroxylation sites is 1. The zero-order valence-corrected chi connectivity index (χ0v) is 27.8. The summed E-state index contributed by atoms with van der Waals surface area (Å²) < 4.78 is 42.8.